The Balaban J connectivity index is 1.81. The molecule has 1 fully saturated rings. The second-order valence-electron chi connectivity index (χ2n) is 5.43. The summed E-state index contributed by atoms with van der Waals surface area (Å²) in [5.74, 6) is 1.57. The van der Waals surface area contributed by atoms with Gasteiger partial charge in [-0.05, 0) is 32.9 Å². The molecule has 0 bridgehead atoms. The van der Waals surface area contributed by atoms with E-state index in [1.165, 1.54) is 11.3 Å². The third-order valence-corrected chi connectivity index (χ3v) is 4.83. The van der Waals surface area contributed by atoms with Gasteiger partial charge in [0.2, 0.25) is 0 Å². The minimum Gasteiger partial charge on any atom is -0.459 e. The largest absolute Gasteiger partial charge is 0.459 e. The SMILES string of the molecule is Cc1ccc(-c2nc(C(=O)N3CCNC(C)C3C)cs2)o1. The van der Waals surface area contributed by atoms with Gasteiger partial charge in [0.15, 0.2) is 10.8 Å². The van der Waals surface area contributed by atoms with Crippen LogP contribution in [0.4, 0.5) is 0 Å². The van der Waals surface area contributed by atoms with Gasteiger partial charge in [-0.2, -0.15) is 0 Å². The molecule has 0 spiro atoms. The number of hydrogen-bond acceptors (Lipinski definition) is 5. The van der Waals surface area contributed by atoms with E-state index in [-0.39, 0.29) is 11.9 Å². The molecule has 1 aliphatic heterocycles. The van der Waals surface area contributed by atoms with Crippen LogP contribution in [0.5, 0.6) is 0 Å². The molecule has 2 atom stereocenters. The van der Waals surface area contributed by atoms with Crippen molar-refractivity contribution in [1.82, 2.24) is 15.2 Å². The zero-order valence-electron chi connectivity index (χ0n) is 12.4. The highest BCUT2D eigenvalue weighted by Gasteiger charge is 2.30. The van der Waals surface area contributed by atoms with Gasteiger partial charge in [0.1, 0.15) is 11.5 Å². The van der Waals surface area contributed by atoms with E-state index in [9.17, 15) is 4.79 Å². The first-order valence-corrected chi connectivity index (χ1v) is 8.01. The molecule has 0 aromatic carbocycles. The van der Waals surface area contributed by atoms with Crippen molar-refractivity contribution in [2.45, 2.75) is 32.9 Å². The van der Waals surface area contributed by atoms with Crippen molar-refractivity contribution in [1.29, 1.82) is 0 Å². The van der Waals surface area contributed by atoms with Crippen LogP contribution in [0.25, 0.3) is 10.8 Å². The van der Waals surface area contributed by atoms with Gasteiger partial charge in [-0.25, -0.2) is 4.98 Å². The molecule has 1 N–H and O–H groups in total. The second kappa shape index (κ2) is 5.61. The van der Waals surface area contributed by atoms with E-state index >= 15 is 0 Å². The summed E-state index contributed by atoms with van der Waals surface area (Å²) < 4.78 is 5.56. The summed E-state index contributed by atoms with van der Waals surface area (Å²) in [4.78, 5) is 19.0. The molecule has 1 amide bonds. The molecule has 3 rings (SSSR count). The number of nitrogens with zero attached hydrogens (tertiary/aromatic N) is 2. The monoisotopic (exact) mass is 305 g/mol. The third kappa shape index (κ3) is 2.73. The summed E-state index contributed by atoms with van der Waals surface area (Å²) in [6.07, 6.45) is 0. The van der Waals surface area contributed by atoms with Gasteiger partial charge in [-0.1, -0.05) is 0 Å². The topological polar surface area (TPSA) is 58.4 Å². The number of rotatable bonds is 2. The van der Waals surface area contributed by atoms with Crippen molar-refractivity contribution >= 4 is 17.2 Å². The fourth-order valence-corrected chi connectivity index (χ4v) is 3.28. The van der Waals surface area contributed by atoms with Crippen LogP contribution < -0.4 is 5.32 Å². The quantitative estimate of drug-likeness (QED) is 0.926. The van der Waals surface area contributed by atoms with E-state index in [1.54, 1.807) is 0 Å². The van der Waals surface area contributed by atoms with E-state index in [2.05, 4.69) is 24.1 Å². The first-order valence-electron chi connectivity index (χ1n) is 7.13. The Morgan fingerprint density at radius 3 is 3.00 bits per heavy atom. The fourth-order valence-electron chi connectivity index (χ4n) is 2.53. The van der Waals surface area contributed by atoms with Crippen LogP contribution >= 0.6 is 11.3 Å². The van der Waals surface area contributed by atoms with Gasteiger partial charge >= 0.3 is 0 Å². The molecule has 1 saturated heterocycles. The Morgan fingerprint density at radius 2 is 2.29 bits per heavy atom. The van der Waals surface area contributed by atoms with Gasteiger partial charge in [0, 0.05) is 30.6 Å². The molecule has 21 heavy (non-hydrogen) atoms. The van der Waals surface area contributed by atoms with Crippen molar-refractivity contribution in [3.8, 4) is 10.8 Å². The van der Waals surface area contributed by atoms with Crippen molar-refractivity contribution in [3.05, 3.63) is 29.0 Å². The molecular weight excluding hydrogens is 286 g/mol. The average Bonchev–Trinajstić information content (AvgIpc) is 3.09. The molecule has 5 nitrogen and oxygen atoms in total. The van der Waals surface area contributed by atoms with Gasteiger partial charge in [-0.15, -0.1) is 11.3 Å². The number of aryl methyl sites for hydroxylation is 1. The highest BCUT2D eigenvalue weighted by molar-refractivity contribution is 7.13. The van der Waals surface area contributed by atoms with E-state index in [0.717, 1.165) is 29.6 Å². The predicted octanol–water partition coefficient (Wildman–Crippen LogP) is 2.53. The van der Waals surface area contributed by atoms with E-state index in [1.807, 2.05) is 29.3 Å². The number of aromatic nitrogens is 1. The molecular formula is C15H19N3O2S. The van der Waals surface area contributed by atoms with E-state index in [4.69, 9.17) is 4.42 Å². The number of piperazine rings is 1. The van der Waals surface area contributed by atoms with Crippen molar-refractivity contribution in [2.24, 2.45) is 0 Å². The molecule has 0 saturated carbocycles. The van der Waals surface area contributed by atoms with Crippen LogP contribution in [-0.4, -0.2) is 41.0 Å². The Kier molecular flexibility index (Phi) is 3.82. The van der Waals surface area contributed by atoms with E-state index in [0.29, 0.717) is 11.7 Å². The molecule has 2 aromatic heterocycles. The minimum atomic E-state index is 0.00151. The highest BCUT2D eigenvalue weighted by atomic mass is 32.1. The Morgan fingerprint density at radius 1 is 1.48 bits per heavy atom. The maximum atomic E-state index is 12.6. The second-order valence-corrected chi connectivity index (χ2v) is 6.29. The number of furan rings is 1. The zero-order valence-corrected chi connectivity index (χ0v) is 13.2. The Bertz CT molecular complexity index is 649. The number of hydrogen-bond donors (Lipinski definition) is 1. The molecule has 2 aromatic rings. The van der Waals surface area contributed by atoms with Crippen LogP contribution in [0, 0.1) is 6.92 Å². The summed E-state index contributed by atoms with van der Waals surface area (Å²) >= 11 is 1.44. The van der Waals surface area contributed by atoms with Gasteiger partial charge in [-0.3, -0.25) is 4.79 Å². The smallest absolute Gasteiger partial charge is 0.273 e. The fraction of sp³-hybridized carbons (Fsp3) is 0.467. The first kappa shape index (κ1) is 14.3. The standard InChI is InChI=1S/C15H19N3O2S/c1-9-4-5-13(20-9)14-17-12(8-21-14)15(19)18-7-6-16-10(2)11(18)3/h4-5,8,10-11,16H,6-7H2,1-3H3. The van der Waals surface area contributed by atoms with Crippen molar-refractivity contribution < 1.29 is 9.21 Å². The molecule has 6 heteroatoms. The van der Waals surface area contributed by atoms with Crippen LogP contribution in [0.1, 0.15) is 30.1 Å². The predicted molar refractivity (Wildman–Crippen MR) is 82.5 cm³/mol. The zero-order chi connectivity index (χ0) is 15.0. The summed E-state index contributed by atoms with van der Waals surface area (Å²) in [6.45, 7) is 7.61. The highest BCUT2D eigenvalue weighted by Crippen LogP contribution is 2.26. The lowest BCUT2D eigenvalue weighted by Crippen LogP contribution is -2.57. The third-order valence-electron chi connectivity index (χ3n) is 3.97. The van der Waals surface area contributed by atoms with Crippen LogP contribution in [0.2, 0.25) is 0 Å². The lowest BCUT2D eigenvalue weighted by Gasteiger charge is -2.38. The number of amides is 1. The molecule has 112 valence electrons. The maximum absolute atomic E-state index is 12.6. The van der Waals surface area contributed by atoms with Crippen molar-refractivity contribution in [2.75, 3.05) is 13.1 Å². The average molecular weight is 305 g/mol. The summed E-state index contributed by atoms with van der Waals surface area (Å²) in [7, 11) is 0. The van der Waals surface area contributed by atoms with Crippen LogP contribution in [-0.2, 0) is 0 Å². The summed E-state index contributed by atoms with van der Waals surface area (Å²) in [5, 5.41) is 5.94. The molecule has 1 aliphatic rings. The molecule has 0 radical (unpaired) electrons. The van der Waals surface area contributed by atoms with Crippen LogP contribution in [0.3, 0.4) is 0 Å². The van der Waals surface area contributed by atoms with Crippen LogP contribution in [0.15, 0.2) is 21.9 Å². The molecule has 0 aliphatic carbocycles. The van der Waals surface area contributed by atoms with Crippen molar-refractivity contribution in [3.63, 3.8) is 0 Å². The summed E-state index contributed by atoms with van der Waals surface area (Å²) in [6, 6.07) is 4.26. The molecule has 2 unspecified atom stereocenters. The van der Waals surface area contributed by atoms with Gasteiger partial charge in [0.05, 0.1) is 0 Å². The van der Waals surface area contributed by atoms with Gasteiger partial charge < -0.3 is 14.6 Å². The van der Waals surface area contributed by atoms with Gasteiger partial charge in [0.25, 0.3) is 5.91 Å². The minimum absolute atomic E-state index is 0.00151. The summed E-state index contributed by atoms with van der Waals surface area (Å²) in [5.41, 5.74) is 0.505. The normalized spacial score (nSPS) is 22.5. The first-order chi connectivity index (χ1) is 10.1. The number of carbonyl (C=O) groups is 1. The molecule has 3 heterocycles. The maximum Gasteiger partial charge on any atom is 0.273 e. The lowest BCUT2D eigenvalue weighted by atomic mass is 10.1. The number of thiazole rings is 1. The van der Waals surface area contributed by atoms with E-state index < -0.39 is 0 Å². The number of carbonyl (C=O) groups excluding carboxylic acids is 1. The Hall–Kier alpha value is -1.66. The lowest BCUT2D eigenvalue weighted by molar-refractivity contribution is 0.0598. The Labute approximate surface area is 128 Å². The number of nitrogens with one attached hydrogen (secondary N) is 1.